The lowest BCUT2D eigenvalue weighted by molar-refractivity contribution is -0.137. The molecule has 1 aromatic carbocycles. The fraction of sp³-hybridized carbons (Fsp3) is 0.320. The van der Waals surface area contributed by atoms with Gasteiger partial charge in [-0.1, -0.05) is 24.3 Å². The first-order valence-corrected chi connectivity index (χ1v) is 11.4. The molecule has 3 heterocycles. The minimum absolute atomic E-state index is 0.0203. The van der Waals surface area contributed by atoms with Gasteiger partial charge < -0.3 is 19.9 Å². The third-order valence-electron chi connectivity index (χ3n) is 6.39. The van der Waals surface area contributed by atoms with Crippen molar-refractivity contribution in [2.45, 2.75) is 51.6 Å². The van der Waals surface area contributed by atoms with Gasteiger partial charge in [0.15, 0.2) is 0 Å². The van der Waals surface area contributed by atoms with Crippen LogP contribution in [-0.4, -0.2) is 34.2 Å². The Morgan fingerprint density at radius 2 is 1.62 bits per heavy atom. The third kappa shape index (κ3) is 5.91. The van der Waals surface area contributed by atoms with Crippen LogP contribution in [0, 0.1) is 5.82 Å². The molecule has 0 atom stereocenters. The Balaban J connectivity index is 1.50. The normalized spacial score (nSPS) is 16.5. The van der Waals surface area contributed by atoms with Crippen LogP contribution in [-0.2, 0) is 22.0 Å². The van der Waals surface area contributed by atoms with E-state index >= 15 is 0 Å². The van der Waals surface area contributed by atoms with Crippen LogP contribution in [0.4, 0.5) is 29.2 Å². The van der Waals surface area contributed by atoms with Gasteiger partial charge in [-0.3, -0.25) is 4.79 Å². The number of rotatable bonds is 6. The molecule has 12 heteroatoms. The number of aromatic nitrogens is 2. The Morgan fingerprint density at radius 3 is 2.19 bits per heavy atom. The number of hydrogen-bond acceptors (Lipinski definition) is 6. The molecule has 1 amide bonds. The minimum Gasteiger partial charge on any atom is -0.399 e. The molecule has 2 aromatic heterocycles. The highest BCUT2D eigenvalue weighted by Gasteiger charge is 2.51. The number of benzene rings is 1. The van der Waals surface area contributed by atoms with E-state index < -0.39 is 41.8 Å². The molecule has 7 nitrogen and oxygen atoms in total. The molecule has 0 saturated carbocycles. The Bertz CT molecular complexity index is 1270. The summed E-state index contributed by atoms with van der Waals surface area (Å²) in [6, 6.07) is 10.3. The maximum atomic E-state index is 13.3. The first-order valence-electron chi connectivity index (χ1n) is 11.4. The Labute approximate surface area is 211 Å². The number of anilines is 2. The lowest BCUT2D eigenvalue weighted by Crippen LogP contribution is -2.41. The van der Waals surface area contributed by atoms with Gasteiger partial charge in [0.2, 0.25) is 0 Å². The second-order valence-corrected chi connectivity index (χ2v) is 9.62. The van der Waals surface area contributed by atoms with Crippen molar-refractivity contribution in [2.24, 2.45) is 0 Å². The molecule has 0 radical (unpaired) electrons. The Morgan fingerprint density at radius 1 is 0.973 bits per heavy atom. The molecule has 0 aliphatic carbocycles. The molecule has 4 rings (SSSR count). The van der Waals surface area contributed by atoms with E-state index in [0.717, 1.165) is 23.3 Å². The van der Waals surface area contributed by atoms with Crippen LogP contribution in [0.3, 0.4) is 0 Å². The topological polar surface area (TPSA) is 85.4 Å². The highest BCUT2D eigenvalue weighted by atomic mass is 19.4. The van der Waals surface area contributed by atoms with E-state index in [-0.39, 0.29) is 23.7 Å². The maximum absolute atomic E-state index is 13.3. The van der Waals surface area contributed by atoms with Gasteiger partial charge in [0, 0.05) is 12.7 Å². The summed E-state index contributed by atoms with van der Waals surface area (Å²) >= 11 is 0. The van der Waals surface area contributed by atoms with Crippen LogP contribution in [0.5, 0.6) is 0 Å². The first-order chi connectivity index (χ1) is 17.2. The molecule has 37 heavy (non-hydrogen) atoms. The van der Waals surface area contributed by atoms with Crippen LogP contribution in [0.25, 0.3) is 0 Å². The standard InChI is InChI=1S/C25H25BF4N4O3/c1-23(2)24(3,4)37-26(36-23)17-7-5-15(6-8-17)12-32-21-19(11-16(13-33-21)25(28,29)30)22(35)34-20-10-9-18(27)14-31-20/h5-11,13-14H,12H2,1-4H3,(H,32,33)(H,31,34,35). The van der Waals surface area contributed by atoms with E-state index in [4.69, 9.17) is 9.31 Å². The molecule has 2 N–H and O–H groups in total. The maximum Gasteiger partial charge on any atom is 0.494 e. The van der Waals surface area contributed by atoms with Crippen LogP contribution in [0.15, 0.2) is 54.9 Å². The predicted molar refractivity (Wildman–Crippen MR) is 131 cm³/mol. The summed E-state index contributed by atoms with van der Waals surface area (Å²) in [6.07, 6.45) is -3.17. The van der Waals surface area contributed by atoms with Gasteiger partial charge >= 0.3 is 13.3 Å². The van der Waals surface area contributed by atoms with E-state index in [0.29, 0.717) is 12.3 Å². The fourth-order valence-electron chi connectivity index (χ4n) is 3.52. The summed E-state index contributed by atoms with van der Waals surface area (Å²) in [5.41, 5.74) is -0.772. The second-order valence-electron chi connectivity index (χ2n) is 9.62. The lowest BCUT2D eigenvalue weighted by atomic mass is 9.79. The number of alkyl halides is 3. The van der Waals surface area contributed by atoms with E-state index in [1.165, 1.54) is 6.07 Å². The van der Waals surface area contributed by atoms with Gasteiger partial charge in [0.05, 0.1) is 28.5 Å². The smallest absolute Gasteiger partial charge is 0.399 e. The van der Waals surface area contributed by atoms with Crippen LogP contribution in [0.1, 0.15) is 49.2 Å². The minimum atomic E-state index is -4.70. The monoisotopic (exact) mass is 516 g/mol. The van der Waals surface area contributed by atoms with E-state index in [1.807, 2.05) is 52.0 Å². The summed E-state index contributed by atoms with van der Waals surface area (Å²) in [4.78, 5) is 20.3. The van der Waals surface area contributed by atoms with Crippen molar-refractivity contribution in [1.29, 1.82) is 0 Å². The quantitative estimate of drug-likeness (QED) is 0.362. The highest BCUT2D eigenvalue weighted by Crippen LogP contribution is 2.36. The zero-order valence-electron chi connectivity index (χ0n) is 20.6. The van der Waals surface area contributed by atoms with Gasteiger partial charge in [-0.05, 0) is 56.9 Å². The van der Waals surface area contributed by atoms with Crippen molar-refractivity contribution in [2.75, 3.05) is 10.6 Å². The van der Waals surface area contributed by atoms with Gasteiger partial charge in [-0.2, -0.15) is 13.2 Å². The number of hydrogen-bond donors (Lipinski definition) is 2. The summed E-state index contributed by atoms with van der Waals surface area (Å²) in [5, 5.41) is 5.28. The van der Waals surface area contributed by atoms with Crippen LogP contribution >= 0.6 is 0 Å². The Kier molecular flexibility index (Phi) is 7.00. The van der Waals surface area contributed by atoms with E-state index in [2.05, 4.69) is 20.6 Å². The highest BCUT2D eigenvalue weighted by molar-refractivity contribution is 6.62. The van der Waals surface area contributed by atoms with Crippen molar-refractivity contribution in [1.82, 2.24) is 9.97 Å². The molecular formula is C25H25BF4N4O3. The first kappa shape index (κ1) is 26.6. The van der Waals surface area contributed by atoms with Crippen molar-refractivity contribution < 1.29 is 31.7 Å². The third-order valence-corrected chi connectivity index (χ3v) is 6.39. The van der Waals surface area contributed by atoms with Crippen molar-refractivity contribution in [3.05, 3.63) is 77.4 Å². The number of pyridine rings is 2. The number of carbonyl (C=O) groups is 1. The number of amides is 1. The van der Waals surface area contributed by atoms with E-state index in [9.17, 15) is 22.4 Å². The van der Waals surface area contributed by atoms with Crippen molar-refractivity contribution in [3.8, 4) is 0 Å². The SMILES string of the molecule is CC1(C)OB(c2ccc(CNc3ncc(C(F)(F)F)cc3C(=O)Nc3ccc(F)cn3)cc2)OC1(C)C. The molecule has 3 aromatic rings. The molecule has 1 aliphatic heterocycles. The summed E-state index contributed by atoms with van der Waals surface area (Å²) in [5.74, 6) is -1.57. The van der Waals surface area contributed by atoms with Crippen LogP contribution in [0.2, 0.25) is 0 Å². The molecule has 1 fully saturated rings. The van der Waals surface area contributed by atoms with Gasteiger partial charge in [-0.15, -0.1) is 0 Å². The molecule has 1 saturated heterocycles. The molecule has 0 spiro atoms. The zero-order chi connectivity index (χ0) is 27.0. The summed E-state index contributed by atoms with van der Waals surface area (Å²) < 4.78 is 65.0. The number of nitrogens with zero attached hydrogens (tertiary/aromatic N) is 2. The van der Waals surface area contributed by atoms with E-state index in [1.54, 1.807) is 0 Å². The average molecular weight is 516 g/mol. The molecule has 1 aliphatic rings. The second kappa shape index (κ2) is 9.75. The molecule has 0 bridgehead atoms. The van der Waals surface area contributed by atoms with Gasteiger partial charge in [0.1, 0.15) is 17.5 Å². The fourth-order valence-corrected chi connectivity index (χ4v) is 3.52. The lowest BCUT2D eigenvalue weighted by Gasteiger charge is -2.32. The Hall–Kier alpha value is -3.51. The molecule has 194 valence electrons. The molecule has 0 unspecified atom stereocenters. The number of carbonyl (C=O) groups excluding carboxylic acids is 1. The number of halogens is 4. The van der Waals surface area contributed by atoms with Crippen molar-refractivity contribution >= 4 is 30.1 Å². The van der Waals surface area contributed by atoms with Gasteiger partial charge in [0.25, 0.3) is 5.91 Å². The molecular weight excluding hydrogens is 491 g/mol. The average Bonchev–Trinajstić information content (AvgIpc) is 3.05. The van der Waals surface area contributed by atoms with Gasteiger partial charge in [-0.25, -0.2) is 14.4 Å². The summed E-state index contributed by atoms with van der Waals surface area (Å²) in [6.45, 7) is 8.02. The summed E-state index contributed by atoms with van der Waals surface area (Å²) in [7, 11) is -0.529. The zero-order valence-corrected chi connectivity index (χ0v) is 20.6. The van der Waals surface area contributed by atoms with Crippen LogP contribution < -0.4 is 16.1 Å². The number of nitrogens with one attached hydrogen (secondary N) is 2. The largest absolute Gasteiger partial charge is 0.494 e. The predicted octanol–water partition coefficient (Wildman–Crippen LogP) is 4.80. The van der Waals surface area contributed by atoms with Crippen molar-refractivity contribution in [3.63, 3.8) is 0 Å².